The number of para-hydroxylation sites is 1. The molecule has 1 atom stereocenters. The smallest absolute Gasteiger partial charge is 0.227 e. The van der Waals surface area contributed by atoms with Crippen LogP contribution >= 0.6 is 0 Å². The monoisotopic (exact) mass is 461 g/mol. The summed E-state index contributed by atoms with van der Waals surface area (Å²) in [5.74, 6) is 2.33. The van der Waals surface area contributed by atoms with Crippen molar-refractivity contribution >= 4 is 0 Å². The molecule has 0 bridgehead atoms. The number of aliphatic hydroxyl groups is 1. The number of nitrogens with zero attached hydrogens (tertiary/aromatic N) is 3. The number of aliphatic hydroxyl groups excluding tert-OH is 1. The van der Waals surface area contributed by atoms with Crippen molar-refractivity contribution in [1.29, 1.82) is 0 Å². The van der Waals surface area contributed by atoms with Crippen molar-refractivity contribution in [3.8, 4) is 17.3 Å². The highest BCUT2D eigenvalue weighted by molar-refractivity contribution is 5.44. The number of benzene rings is 2. The van der Waals surface area contributed by atoms with Crippen LogP contribution in [0.3, 0.4) is 0 Å². The zero-order valence-electron chi connectivity index (χ0n) is 20.9. The van der Waals surface area contributed by atoms with E-state index in [0.29, 0.717) is 6.54 Å². The van der Waals surface area contributed by atoms with Crippen molar-refractivity contribution in [2.24, 2.45) is 5.92 Å². The molecule has 0 spiro atoms. The summed E-state index contributed by atoms with van der Waals surface area (Å²) in [5.41, 5.74) is 4.36. The van der Waals surface area contributed by atoms with Crippen molar-refractivity contribution < 1.29 is 9.84 Å². The lowest BCUT2D eigenvalue weighted by Crippen LogP contribution is -2.34. The van der Waals surface area contributed by atoms with Gasteiger partial charge in [0.1, 0.15) is 5.75 Å². The molecule has 1 saturated carbocycles. The highest BCUT2D eigenvalue weighted by atomic mass is 16.5. The Morgan fingerprint density at radius 1 is 1.09 bits per heavy atom. The van der Waals surface area contributed by atoms with Gasteiger partial charge in [-0.2, -0.15) is 5.10 Å². The highest BCUT2D eigenvalue weighted by Crippen LogP contribution is 2.35. The molecule has 0 aliphatic heterocycles. The van der Waals surface area contributed by atoms with Crippen molar-refractivity contribution in [2.45, 2.75) is 71.9 Å². The summed E-state index contributed by atoms with van der Waals surface area (Å²) in [5, 5.41) is 15.7. The fraction of sp³-hybridized carbons (Fsp3) is 0.483. The van der Waals surface area contributed by atoms with Gasteiger partial charge in [-0.25, -0.2) is 4.68 Å². The van der Waals surface area contributed by atoms with Gasteiger partial charge < -0.3 is 9.84 Å². The fourth-order valence-corrected chi connectivity index (χ4v) is 4.41. The van der Waals surface area contributed by atoms with Crippen LogP contribution in [-0.2, 0) is 13.0 Å². The molecule has 1 aliphatic rings. The van der Waals surface area contributed by atoms with Crippen LogP contribution in [-0.4, -0.2) is 39.0 Å². The molecular weight excluding hydrogens is 422 g/mol. The molecule has 34 heavy (non-hydrogen) atoms. The molecule has 5 heteroatoms. The van der Waals surface area contributed by atoms with Gasteiger partial charge in [0.2, 0.25) is 5.88 Å². The maximum atomic E-state index is 10.7. The minimum atomic E-state index is -0.297. The normalized spacial score (nSPS) is 14.5. The average Bonchev–Trinajstić information content (AvgIpc) is 3.60. The zero-order chi connectivity index (χ0) is 23.9. The van der Waals surface area contributed by atoms with E-state index in [0.717, 1.165) is 73.3 Å². The summed E-state index contributed by atoms with van der Waals surface area (Å²) in [6.45, 7) is 8.86. The summed E-state index contributed by atoms with van der Waals surface area (Å²) >= 11 is 0. The van der Waals surface area contributed by atoms with Crippen molar-refractivity contribution in [3.05, 3.63) is 71.4 Å². The van der Waals surface area contributed by atoms with Crippen LogP contribution < -0.4 is 4.74 Å². The lowest BCUT2D eigenvalue weighted by atomic mass is 10.1. The van der Waals surface area contributed by atoms with Gasteiger partial charge in [0.25, 0.3) is 0 Å². The van der Waals surface area contributed by atoms with E-state index in [1.54, 1.807) is 0 Å². The van der Waals surface area contributed by atoms with E-state index in [-0.39, 0.29) is 6.10 Å². The largest absolute Gasteiger partial charge is 0.439 e. The van der Waals surface area contributed by atoms with E-state index in [2.05, 4.69) is 49.9 Å². The molecule has 4 rings (SSSR count). The first kappa shape index (κ1) is 24.5. The van der Waals surface area contributed by atoms with Gasteiger partial charge in [-0.05, 0) is 62.8 Å². The molecular formula is C29H39N3O2. The fourth-order valence-electron chi connectivity index (χ4n) is 4.41. The number of ether oxygens (including phenoxy) is 1. The van der Waals surface area contributed by atoms with Crippen LogP contribution in [0.15, 0.2) is 54.6 Å². The number of hydrogen-bond donors (Lipinski definition) is 1. The van der Waals surface area contributed by atoms with E-state index in [4.69, 9.17) is 9.84 Å². The maximum Gasteiger partial charge on any atom is 0.227 e. The number of hydrogen-bond acceptors (Lipinski definition) is 4. The van der Waals surface area contributed by atoms with Crippen LogP contribution in [0.5, 0.6) is 11.6 Å². The van der Waals surface area contributed by atoms with E-state index < -0.39 is 0 Å². The third kappa shape index (κ3) is 6.49. The third-order valence-electron chi connectivity index (χ3n) is 6.55. The Hall–Kier alpha value is -2.63. The minimum absolute atomic E-state index is 0.297. The lowest BCUT2D eigenvalue weighted by Gasteiger charge is -2.25. The molecule has 1 heterocycles. The van der Waals surface area contributed by atoms with Gasteiger partial charge in [0.15, 0.2) is 0 Å². The molecule has 0 saturated heterocycles. The SMILES string of the molecule is CCCC[C@H](O)CN(Cc1c(CC)nn(-c2ccccc2)c1Oc1ccc(C)cc1)CC1CC1. The first-order valence-corrected chi connectivity index (χ1v) is 12.9. The van der Waals surface area contributed by atoms with Crippen LogP contribution in [0.2, 0.25) is 0 Å². The van der Waals surface area contributed by atoms with Crippen LogP contribution in [0, 0.1) is 12.8 Å². The molecule has 2 aromatic carbocycles. The number of aromatic nitrogens is 2. The van der Waals surface area contributed by atoms with Gasteiger partial charge >= 0.3 is 0 Å². The molecule has 1 fully saturated rings. The number of unbranched alkanes of at least 4 members (excludes halogenated alkanes) is 1. The summed E-state index contributed by atoms with van der Waals surface area (Å²) in [6.07, 6.45) is 6.14. The summed E-state index contributed by atoms with van der Waals surface area (Å²) in [6, 6.07) is 18.4. The van der Waals surface area contributed by atoms with Gasteiger partial charge in [-0.15, -0.1) is 0 Å². The zero-order valence-corrected chi connectivity index (χ0v) is 20.9. The van der Waals surface area contributed by atoms with Crippen molar-refractivity contribution in [2.75, 3.05) is 13.1 Å². The molecule has 3 aromatic rings. The quantitative estimate of drug-likeness (QED) is 0.325. The standard InChI is InChI=1S/C29H39N3O2/c1-4-6-12-25(33)20-31(19-23-15-16-23)21-27-28(5-2)30-32(24-10-8-7-9-11-24)29(27)34-26-17-13-22(3)14-18-26/h7-11,13-14,17-18,23,25,33H,4-6,12,15-16,19-21H2,1-3H3/t25-/m0/s1. The van der Waals surface area contributed by atoms with Gasteiger partial charge in [-0.1, -0.05) is 62.6 Å². The molecule has 1 N–H and O–H groups in total. The maximum absolute atomic E-state index is 10.7. The van der Waals surface area contributed by atoms with Gasteiger partial charge in [0.05, 0.1) is 23.0 Å². The predicted molar refractivity (Wildman–Crippen MR) is 138 cm³/mol. The molecule has 1 aromatic heterocycles. The molecule has 182 valence electrons. The first-order valence-electron chi connectivity index (χ1n) is 12.9. The van der Waals surface area contributed by atoms with Crippen LogP contribution in [0.1, 0.15) is 62.8 Å². The highest BCUT2D eigenvalue weighted by Gasteiger charge is 2.28. The Morgan fingerprint density at radius 2 is 1.82 bits per heavy atom. The summed E-state index contributed by atoms with van der Waals surface area (Å²) in [7, 11) is 0. The minimum Gasteiger partial charge on any atom is -0.439 e. The third-order valence-corrected chi connectivity index (χ3v) is 6.55. The second-order valence-corrected chi connectivity index (χ2v) is 9.68. The second kappa shape index (κ2) is 11.7. The van der Waals surface area contributed by atoms with Crippen LogP contribution in [0.4, 0.5) is 0 Å². The molecule has 1 aliphatic carbocycles. The lowest BCUT2D eigenvalue weighted by molar-refractivity contribution is 0.0965. The second-order valence-electron chi connectivity index (χ2n) is 9.68. The summed E-state index contributed by atoms with van der Waals surface area (Å²) < 4.78 is 8.48. The number of rotatable bonds is 13. The topological polar surface area (TPSA) is 50.5 Å². The molecule has 0 radical (unpaired) electrons. The summed E-state index contributed by atoms with van der Waals surface area (Å²) in [4.78, 5) is 2.42. The van der Waals surface area contributed by atoms with E-state index in [9.17, 15) is 5.11 Å². The first-order chi connectivity index (χ1) is 16.6. The average molecular weight is 462 g/mol. The van der Waals surface area contributed by atoms with E-state index in [1.165, 1.54) is 18.4 Å². The Balaban J connectivity index is 1.68. The van der Waals surface area contributed by atoms with Gasteiger partial charge in [-0.3, -0.25) is 4.90 Å². The molecule has 0 unspecified atom stereocenters. The molecule has 0 amide bonds. The van der Waals surface area contributed by atoms with E-state index in [1.807, 2.05) is 35.0 Å². The van der Waals surface area contributed by atoms with Crippen molar-refractivity contribution in [3.63, 3.8) is 0 Å². The Kier molecular flexibility index (Phi) is 8.41. The molecule has 5 nitrogen and oxygen atoms in total. The van der Waals surface area contributed by atoms with Crippen molar-refractivity contribution in [1.82, 2.24) is 14.7 Å². The Labute approximate surface area is 204 Å². The van der Waals surface area contributed by atoms with E-state index >= 15 is 0 Å². The predicted octanol–water partition coefficient (Wildman–Crippen LogP) is 6.30. The van der Waals surface area contributed by atoms with Gasteiger partial charge in [0, 0.05) is 19.6 Å². The van der Waals surface area contributed by atoms with Crippen LogP contribution in [0.25, 0.3) is 5.69 Å². The Bertz CT molecular complexity index is 1030. The number of aryl methyl sites for hydroxylation is 2. The Morgan fingerprint density at radius 3 is 2.47 bits per heavy atom.